The molecular formula is C9H7ClN2O2. The minimum atomic E-state index is -0.424. The Kier molecular flexibility index (Phi) is 2.13. The molecule has 0 saturated heterocycles. The van der Waals surface area contributed by atoms with Crippen LogP contribution in [0.2, 0.25) is 0 Å². The molecule has 1 atom stereocenters. The number of halogens is 1. The molecular weight excluding hydrogens is 204 g/mol. The van der Waals surface area contributed by atoms with E-state index in [-0.39, 0.29) is 5.70 Å². The first-order valence-corrected chi connectivity index (χ1v) is 4.43. The van der Waals surface area contributed by atoms with Crippen molar-refractivity contribution in [1.29, 1.82) is 0 Å². The summed E-state index contributed by atoms with van der Waals surface area (Å²) in [5.74, 6) is 0. The van der Waals surface area contributed by atoms with Gasteiger partial charge in [-0.05, 0) is 18.4 Å². The molecule has 0 spiro atoms. The fraction of sp³-hybridized carbons (Fsp3) is 0.111. The highest BCUT2D eigenvalue weighted by Gasteiger charge is 2.31. The number of nitrogens with zero attached hydrogens (tertiary/aromatic N) is 1. The molecule has 0 fully saturated rings. The molecule has 1 aliphatic heterocycles. The van der Waals surface area contributed by atoms with Crippen molar-refractivity contribution >= 4 is 11.6 Å². The second-order valence-corrected chi connectivity index (χ2v) is 3.35. The van der Waals surface area contributed by atoms with E-state index in [1.54, 1.807) is 24.4 Å². The van der Waals surface area contributed by atoms with Gasteiger partial charge in [0, 0.05) is 16.7 Å². The number of nitrogens with one attached hydrogen (secondary N) is 1. The molecule has 4 nitrogen and oxygen atoms in total. The van der Waals surface area contributed by atoms with Crippen molar-refractivity contribution in [3.8, 4) is 0 Å². The van der Waals surface area contributed by atoms with Crippen LogP contribution in [0.3, 0.4) is 0 Å². The van der Waals surface area contributed by atoms with Crippen molar-refractivity contribution in [2.75, 3.05) is 0 Å². The SMILES string of the molecule is O=[N+]([O-])C1=CC=C(Cl)C2=CC=CNC21. The lowest BCUT2D eigenvalue weighted by atomic mass is 9.96. The lowest BCUT2D eigenvalue weighted by Crippen LogP contribution is -2.35. The van der Waals surface area contributed by atoms with Crippen molar-refractivity contribution in [2.45, 2.75) is 6.04 Å². The maximum absolute atomic E-state index is 10.7. The predicted molar refractivity (Wildman–Crippen MR) is 53.2 cm³/mol. The summed E-state index contributed by atoms with van der Waals surface area (Å²) in [6.07, 6.45) is 8.18. The lowest BCUT2D eigenvalue weighted by Gasteiger charge is -2.22. The van der Waals surface area contributed by atoms with Crippen molar-refractivity contribution in [3.05, 3.63) is 56.9 Å². The topological polar surface area (TPSA) is 55.2 Å². The van der Waals surface area contributed by atoms with E-state index in [9.17, 15) is 10.1 Å². The highest BCUT2D eigenvalue weighted by molar-refractivity contribution is 6.32. The molecule has 0 aromatic rings. The van der Waals surface area contributed by atoms with Gasteiger partial charge in [-0.2, -0.15) is 0 Å². The molecule has 0 aromatic carbocycles. The van der Waals surface area contributed by atoms with E-state index in [4.69, 9.17) is 11.6 Å². The van der Waals surface area contributed by atoms with E-state index in [1.807, 2.05) is 0 Å². The van der Waals surface area contributed by atoms with Gasteiger partial charge < -0.3 is 5.32 Å². The molecule has 0 saturated carbocycles. The Bertz CT molecular complexity index is 407. The number of fused-ring (bicyclic) bond motifs is 1. The molecule has 5 heteroatoms. The summed E-state index contributed by atoms with van der Waals surface area (Å²) < 4.78 is 0. The zero-order valence-electron chi connectivity index (χ0n) is 7.11. The zero-order valence-corrected chi connectivity index (χ0v) is 7.86. The van der Waals surface area contributed by atoms with Crippen LogP contribution in [0.5, 0.6) is 0 Å². The van der Waals surface area contributed by atoms with E-state index in [1.165, 1.54) is 6.08 Å². The summed E-state index contributed by atoms with van der Waals surface area (Å²) in [5, 5.41) is 14.1. The maximum atomic E-state index is 10.7. The first-order chi connectivity index (χ1) is 6.70. The fourth-order valence-electron chi connectivity index (χ4n) is 1.47. The Labute approximate surface area is 85.4 Å². The lowest BCUT2D eigenvalue weighted by molar-refractivity contribution is -0.429. The Balaban J connectivity index is 2.45. The summed E-state index contributed by atoms with van der Waals surface area (Å²) in [6.45, 7) is 0. The monoisotopic (exact) mass is 210 g/mol. The van der Waals surface area contributed by atoms with E-state index in [0.717, 1.165) is 5.57 Å². The van der Waals surface area contributed by atoms with Crippen molar-refractivity contribution < 1.29 is 4.92 Å². The van der Waals surface area contributed by atoms with Gasteiger partial charge >= 0.3 is 0 Å². The van der Waals surface area contributed by atoms with Crippen LogP contribution >= 0.6 is 11.6 Å². The quantitative estimate of drug-likeness (QED) is 0.529. The Hall–Kier alpha value is -1.55. The molecule has 1 aliphatic carbocycles. The first-order valence-electron chi connectivity index (χ1n) is 4.05. The molecule has 2 rings (SSSR count). The third kappa shape index (κ3) is 1.33. The van der Waals surface area contributed by atoms with Crippen molar-refractivity contribution in [2.24, 2.45) is 0 Å². The average molecular weight is 211 g/mol. The largest absolute Gasteiger partial charge is 0.375 e. The summed E-state index contributed by atoms with van der Waals surface area (Å²) >= 11 is 5.91. The van der Waals surface area contributed by atoms with Crippen LogP contribution in [-0.4, -0.2) is 11.0 Å². The molecule has 14 heavy (non-hydrogen) atoms. The fourth-order valence-corrected chi connectivity index (χ4v) is 1.70. The number of hydrogen-bond acceptors (Lipinski definition) is 3. The van der Waals surface area contributed by atoms with Gasteiger partial charge in [0.05, 0.1) is 4.92 Å². The molecule has 0 amide bonds. The smallest absolute Gasteiger partial charge is 0.272 e. The minimum Gasteiger partial charge on any atom is -0.375 e. The second-order valence-electron chi connectivity index (χ2n) is 2.94. The normalized spacial score (nSPS) is 24.1. The van der Waals surface area contributed by atoms with Crippen LogP contribution in [0.1, 0.15) is 0 Å². The van der Waals surface area contributed by atoms with Crippen LogP contribution < -0.4 is 5.32 Å². The molecule has 2 aliphatic rings. The van der Waals surface area contributed by atoms with Gasteiger partial charge in [-0.25, -0.2) is 0 Å². The van der Waals surface area contributed by atoms with E-state index >= 15 is 0 Å². The van der Waals surface area contributed by atoms with Gasteiger partial charge in [0.15, 0.2) is 0 Å². The third-order valence-corrected chi connectivity index (χ3v) is 2.47. The summed E-state index contributed by atoms with van der Waals surface area (Å²) in [6, 6.07) is -0.424. The van der Waals surface area contributed by atoms with E-state index in [2.05, 4.69) is 5.32 Å². The molecule has 0 radical (unpaired) electrons. The van der Waals surface area contributed by atoms with Crippen molar-refractivity contribution in [3.63, 3.8) is 0 Å². The first kappa shape index (κ1) is 9.02. The maximum Gasteiger partial charge on any atom is 0.272 e. The number of hydrogen-bond donors (Lipinski definition) is 1. The van der Waals surface area contributed by atoms with Gasteiger partial charge in [-0.3, -0.25) is 10.1 Å². The Morgan fingerprint density at radius 2 is 2.21 bits per heavy atom. The van der Waals surface area contributed by atoms with Gasteiger partial charge in [0.1, 0.15) is 6.04 Å². The highest BCUT2D eigenvalue weighted by atomic mass is 35.5. The van der Waals surface area contributed by atoms with Gasteiger partial charge in [0.2, 0.25) is 0 Å². The summed E-state index contributed by atoms with van der Waals surface area (Å²) in [5.41, 5.74) is 0.855. The predicted octanol–water partition coefficient (Wildman–Crippen LogP) is 1.70. The molecule has 72 valence electrons. The van der Waals surface area contributed by atoms with Crippen LogP contribution in [0.15, 0.2) is 46.8 Å². The van der Waals surface area contributed by atoms with Crippen molar-refractivity contribution in [1.82, 2.24) is 5.32 Å². The van der Waals surface area contributed by atoms with Gasteiger partial charge in [-0.15, -0.1) is 0 Å². The summed E-state index contributed by atoms with van der Waals surface area (Å²) in [4.78, 5) is 10.3. The number of rotatable bonds is 1. The molecule has 1 heterocycles. The summed E-state index contributed by atoms with van der Waals surface area (Å²) in [7, 11) is 0. The van der Waals surface area contributed by atoms with Crippen LogP contribution in [0.25, 0.3) is 0 Å². The zero-order chi connectivity index (χ0) is 10.1. The van der Waals surface area contributed by atoms with Gasteiger partial charge in [0.25, 0.3) is 5.70 Å². The molecule has 0 aromatic heterocycles. The van der Waals surface area contributed by atoms with Crippen LogP contribution in [0.4, 0.5) is 0 Å². The van der Waals surface area contributed by atoms with Gasteiger partial charge in [-0.1, -0.05) is 17.7 Å². The minimum absolute atomic E-state index is 0.116. The van der Waals surface area contributed by atoms with E-state index < -0.39 is 11.0 Å². The second kappa shape index (κ2) is 3.31. The average Bonchev–Trinajstić information content (AvgIpc) is 2.18. The van der Waals surface area contributed by atoms with Crippen LogP contribution in [0, 0.1) is 10.1 Å². The molecule has 1 unspecified atom stereocenters. The Morgan fingerprint density at radius 3 is 2.93 bits per heavy atom. The highest BCUT2D eigenvalue weighted by Crippen LogP contribution is 2.29. The van der Waals surface area contributed by atoms with E-state index in [0.29, 0.717) is 5.03 Å². The standard InChI is InChI=1S/C9H7ClN2O2/c10-7-3-4-8(12(13)14)9-6(7)2-1-5-11-9/h1-5,9,11H. The Morgan fingerprint density at radius 1 is 1.43 bits per heavy atom. The molecule has 1 N–H and O–H groups in total. The third-order valence-electron chi connectivity index (χ3n) is 2.13. The number of dihydropyridines is 1. The number of nitro groups is 1. The molecule has 0 bridgehead atoms. The number of allylic oxidation sites excluding steroid dienone is 4. The van der Waals surface area contributed by atoms with Crippen LogP contribution in [-0.2, 0) is 0 Å².